The Morgan fingerprint density at radius 2 is 1.92 bits per heavy atom. The number of alkyl halides is 2. The fraction of sp³-hybridized carbons (Fsp3) is 0.471. The minimum absolute atomic E-state index is 0.157. The highest BCUT2D eigenvalue weighted by Crippen LogP contribution is 2.25. The van der Waals surface area contributed by atoms with Crippen molar-refractivity contribution < 1.29 is 18.3 Å². The number of amides is 1. The first-order valence-electron chi connectivity index (χ1n) is 8.34. The highest BCUT2D eigenvalue weighted by molar-refractivity contribution is 5.79. The first-order valence-corrected chi connectivity index (χ1v) is 8.34. The van der Waals surface area contributed by atoms with Crippen LogP contribution >= 0.6 is 0 Å². The van der Waals surface area contributed by atoms with Gasteiger partial charge >= 0.3 is 5.69 Å². The molecule has 26 heavy (non-hydrogen) atoms. The zero-order valence-electron chi connectivity index (χ0n) is 14.0. The molecular formula is C17H19F2N3O4. The number of rotatable bonds is 6. The van der Waals surface area contributed by atoms with Crippen LogP contribution in [0.3, 0.4) is 0 Å². The van der Waals surface area contributed by atoms with Gasteiger partial charge < -0.3 is 9.64 Å². The highest BCUT2D eigenvalue weighted by atomic mass is 19.1. The van der Waals surface area contributed by atoms with Crippen molar-refractivity contribution in [1.82, 2.24) is 14.5 Å². The summed E-state index contributed by atoms with van der Waals surface area (Å²) in [5.74, 6) is 0.157. The first-order chi connectivity index (χ1) is 12.6. The number of hydrogen-bond acceptors (Lipinski definition) is 4. The van der Waals surface area contributed by atoms with Crippen LogP contribution in [0.5, 0.6) is 5.75 Å². The Morgan fingerprint density at radius 3 is 2.54 bits per heavy atom. The Kier molecular flexibility index (Phi) is 5.34. The van der Waals surface area contributed by atoms with Crippen LogP contribution in [0, 0.1) is 0 Å². The van der Waals surface area contributed by atoms with Crippen LogP contribution in [-0.2, 0) is 4.79 Å². The molecule has 0 bridgehead atoms. The lowest BCUT2D eigenvalue weighted by Gasteiger charge is -2.30. The van der Waals surface area contributed by atoms with Crippen molar-refractivity contribution in [3.63, 3.8) is 0 Å². The molecule has 1 saturated heterocycles. The molecule has 1 aliphatic heterocycles. The maximum atomic E-state index is 12.7. The van der Waals surface area contributed by atoms with Gasteiger partial charge in [-0.05, 0) is 31.0 Å². The molecule has 0 atom stereocenters. The van der Waals surface area contributed by atoms with Gasteiger partial charge in [0.25, 0.3) is 5.56 Å². The minimum atomic E-state index is -1.23. The molecule has 0 unspecified atom stereocenters. The predicted molar refractivity (Wildman–Crippen MR) is 91.1 cm³/mol. The molecule has 1 amide bonds. The fourth-order valence-electron chi connectivity index (χ4n) is 3.22. The lowest BCUT2D eigenvalue weighted by atomic mass is 10.0. The van der Waals surface area contributed by atoms with E-state index in [1.54, 1.807) is 11.0 Å². The second kappa shape index (κ2) is 7.67. The molecule has 2 heterocycles. The van der Waals surface area contributed by atoms with Crippen LogP contribution in [0.2, 0.25) is 0 Å². The zero-order valence-corrected chi connectivity index (χ0v) is 14.0. The van der Waals surface area contributed by atoms with Gasteiger partial charge in [0.15, 0.2) is 6.10 Å². The van der Waals surface area contributed by atoms with Crippen molar-refractivity contribution >= 4 is 17.3 Å². The Bertz CT molecular complexity index is 899. The van der Waals surface area contributed by atoms with Crippen LogP contribution in [0.25, 0.3) is 10.9 Å². The number of piperidine rings is 1. The van der Waals surface area contributed by atoms with E-state index in [9.17, 15) is 23.2 Å². The van der Waals surface area contributed by atoms with Crippen LogP contribution in [0.4, 0.5) is 8.78 Å². The van der Waals surface area contributed by atoms with Crippen LogP contribution in [0.15, 0.2) is 27.8 Å². The molecule has 3 rings (SSSR count). The summed E-state index contributed by atoms with van der Waals surface area (Å²) < 4.78 is 32.0. The van der Waals surface area contributed by atoms with Gasteiger partial charge in [-0.3, -0.25) is 19.1 Å². The SMILES string of the molecule is O=CN1CCC(n2c(=O)[nH]c(=O)c3cc(OC(CF)CF)ccc32)CC1. The van der Waals surface area contributed by atoms with Gasteiger partial charge in [0.2, 0.25) is 6.41 Å². The molecule has 140 valence electrons. The van der Waals surface area contributed by atoms with Crippen molar-refractivity contribution in [3.8, 4) is 5.75 Å². The number of ether oxygens (including phenoxy) is 1. The molecule has 1 aromatic carbocycles. The fourth-order valence-corrected chi connectivity index (χ4v) is 3.22. The summed E-state index contributed by atoms with van der Waals surface area (Å²) >= 11 is 0. The van der Waals surface area contributed by atoms with Gasteiger partial charge in [0.05, 0.1) is 10.9 Å². The van der Waals surface area contributed by atoms with Gasteiger partial charge in [-0.15, -0.1) is 0 Å². The Balaban J connectivity index is 2.01. The van der Waals surface area contributed by atoms with E-state index >= 15 is 0 Å². The second-order valence-electron chi connectivity index (χ2n) is 6.23. The summed E-state index contributed by atoms with van der Waals surface area (Å²) in [5, 5.41) is 0.205. The summed E-state index contributed by atoms with van der Waals surface area (Å²) in [4.78, 5) is 39.3. The van der Waals surface area contributed by atoms with Crippen molar-refractivity contribution in [2.24, 2.45) is 0 Å². The average molecular weight is 367 g/mol. The number of fused-ring (bicyclic) bond motifs is 1. The molecule has 1 aliphatic rings. The third-order valence-electron chi connectivity index (χ3n) is 4.57. The number of H-pyrrole nitrogens is 1. The number of benzene rings is 1. The topological polar surface area (TPSA) is 84.4 Å². The van der Waals surface area contributed by atoms with Crippen LogP contribution in [0.1, 0.15) is 18.9 Å². The van der Waals surface area contributed by atoms with Crippen LogP contribution in [-0.4, -0.2) is 53.4 Å². The van der Waals surface area contributed by atoms with Gasteiger partial charge in [0.1, 0.15) is 19.1 Å². The maximum Gasteiger partial charge on any atom is 0.329 e. The number of aromatic amines is 1. The van der Waals surface area contributed by atoms with E-state index in [0.717, 1.165) is 6.41 Å². The first kappa shape index (κ1) is 18.1. The Hall–Kier alpha value is -2.71. The Labute approximate surface area is 147 Å². The molecule has 7 nitrogen and oxygen atoms in total. The summed E-state index contributed by atoms with van der Waals surface area (Å²) in [5.41, 5.74) is -0.687. The summed E-state index contributed by atoms with van der Waals surface area (Å²) in [6.07, 6.45) is 0.720. The van der Waals surface area contributed by atoms with E-state index < -0.39 is 30.7 Å². The molecule has 1 aromatic heterocycles. The van der Waals surface area contributed by atoms with Gasteiger partial charge in [0, 0.05) is 19.1 Å². The highest BCUT2D eigenvalue weighted by Gasteiger charge is 2.23. The van der Waals surface area contributed by atoms with E-state index in [0.29, 0.717) is 31.4 Å². The standard InChI is InChI=1S/C17H19F2N3O4/c18-8-13(9-19)26-12-1-2-15-14(7-12)16(24)20-17(25)22(15)11-3-5-21(10-23)6-4-11/h1-2,7,10-11,13H,3-6,8-9H2,(H,20,24,25). The minimum Gasteiger partial charge on any atom is -0.485 e. The lowest BCUT2D eigenvalue weighted by Crippen LogP contribution is -2.39. The van der Waals surface area contributed by atoms with Crippen molar-refractivity contribution in [2.45, 2.75) is 25.0 Å². The number of aromatic nitrogens is 2. The predicted octanol–water partition coefficient (Wildman–Crippen LogP) is 1.17. The maximum absolute atomic E-state index is 12.7. The average Bonchev–Trinajstić information content (AvgIpc) is 2.67. The van der Waals surface area contributed by atoms with Gasteiger partial charge in [-0.2, -0.15) is 0 Å². The zero-order chi connectivity index (χ0) is 18.7. The number of nitrogens with one attached hydrogen (secondary N) is 1. The normalized spacial score (nSPS) is 15.6. The van der Waals surface area contributed by atoms with E-state index in [2.05, 4.69) is 4.98 Å². The molecule has 0 saturated carbocycles. The smallest absolute Gasteiger partial charge is 0.329 e. The van der Waals surface area contributed by atoms with Gasteiger partial charge in [-0.25, -0.2) is 13.6 Å². The summed E-state index contributed by atoms with van der Waals surface area (Å²) in [6, 6.07) is 4.25. The molecule has 9 heteroatoms. The molecule has 0 aliphatic carbocycles. The monoisotopic (exact) mass is 367 g/mol. The van der Waals surface area contributed by atoms with Crippen molar-refractivity contribution in [1.29, 1.82) is 0 Å². The molecule has 1 N–H and O–H groups in total. The molecular weight excluding hydrogens is 348 g/mol. The summed E-state index contributed by atoms with van der Waals surface area (Å²) in [7, 11) is 0. The summed E-state index contributed by atoms with van der Waals surface area (Å²) in [6.45, 7) is -0.923. The van der Waals surface area contributed by atoms with Crippen molar-refractivity contribution in [3.05, 3.63) is 39.0 Å². The number of hydrogen-bond donors (Lipinski definition) is 1. The van der Waals surface area contributed by atoms with E-state index in [4.69, 9.17) is 4.74 Å². The molecule has 1 fully saturated rings. The number of halogens is 2. The van der Waals surface area contributed by atoms with Crippen LogP contribution < -0.4 is 16.0 Å². The van der Waals surface area contributed by atoms with Gasteiger partial charge in [-0.1, -0.05) is 0 Å². The molecule has 0 radical (unpaired) electrons. The van der Waals surface area contributed by atoms with E-state index in [1.807, 2.05) is 0 Å². The Morgan fingerprint density at radius 1 is 1.23 bits per heavy atom. The third kappa shape index (κ3) is 3.47. The van der Waals surface area contributed by atoms with E-state index in [-0.39, 0.29) is 17.2 Å². The number of carbonyl (C=O) groups is 1. The number of likely N-dealkylation sites (tertiary alicyclic amines) is 1. The van der Waals surface area contributed by atoms with Crippen molar-refractivity contribution in [2.75, 3.05) is 26.4 Å². The lowest BCUT2D eigenvalue weighted by molar-refractivity contribution is -0.119. The van der Waals surface area contributed by atoms with E-state index in [1.165, 1.54) is 16.7 Å². The number of nitrogens with zero attached hydrogens (tertiary/aromatic N) is 2. The quantitative estimate of drug-likeness (QED) is 0.777. The molecule has 2 aromatic rings. The third-order valence-corrected chi connectivity index (χ3v) is 4.57. The second-order valence-corrected chi connectivity index (χ2v) is 6.23. The number of carbonyl (C=O) groups excluding carboxylic acids is 1. The largest absolute Gasteiger partial charge is 0.485 e. The molecule has 0 spiro atoms.